The van der Waals surface area contributed by atoms with E-state index in [2.05, 4.69) is 46.8 Å². The van der Waals surface area contributed by atoms with Crippen LogP contribution in [-0.2, 0) is 0 Å². The molecule has 66 valence electrons. The van der Waals surface area contributed by atoms with Crippen molar-refractivity contribution in [2.24, 2.45) is 0 Å². The fourth-order valence-corrected chi connectivity index (χ4v) is 1.23. The van der Waals surface area contributed by atoms with E-state index in [0.717, 1.165) is 0 Å². The number of hydrogen-bond donors (Lipinski definition) is 0. The summed E-state index contributed by atoms with van der Waals surface area (Å²) in [6.07, 6.45) is 3.00. The Kier molecular flexibility index (Phi) is 1.82. The van der Waals surface area contributed by atoms with Crippen LogP contribution in [0, 0.1) is 0 Å². The number of halogens is 2. The third-order valence-corrected chi connectivity index (χ3v) is 2.05. The number of aromatic nitrogens is 4. The van der Waals surface area contributed by atoms with Gasteiger partial charge in [0.05, 0.1) is 13.8 Å². The zero-order valence-electron chi connectivity index (χ0n) is 8.20. The first-order chi connectivity index (χ1) is 7.09. The lowest BCUT2D eigenvalue weighted by Crippen LogP contribution is -1.94. The van der Waals surface area contributed by atoms with Crippen molar-refractivity contribution in [2.45, 2.75) is 0 Å². The lowest BCUT2D eigenvalue weighted by atomic mass is 10.6. The van der Waals surface area contributed by atoms with E-state index in [0.29, 0.717) is 15.0 Å². The predicted molar refractivity (Wildman–Crippen MR) is 54.6 cm³/mol. The van der Waals surface area contributed by atoms with E-state index in [1.807, 2.05) is 0 Å². The molecule has 4 nitrogen and oxygen atoms in total. The van der Waals surface area contributed by atoms with Crippen LogP contribution in [0.2, 0.25) is 0 Å². The Morgan fingerprint density at radius 1 is 1.15 bits per heavy atom. The maximum Gasteiger partial charge on any atom is 0.156 e. The van der Waals surface area contributed by atoms with Crippen LogP contribution in [0.5, 0.6) is 0 Å². The molecule has 0 radical (unpaired) electrons. The van der Waals surface area contributed by atoms with Crippen molar-refractivity contribution in [1.29, 1.82) is 0 Å². The summed E-state index contributed by atoms with van der Waals surface area (Å²) in [5.41, 5.74) is 0. The number of nitrogens with zero attached hydrogens (tertiary/aromatic N) is 4. The molecular weight excluding hydrogens is 300 g/mol. The van der Waals surface area contributed by atoms with Crippen LogP contribution in [0.25, 0.3) is 5.82 Å². The summed E-state index contributed by atoms with van der Waals surface area (Å²) < 4.78 is 17.4. The van der Waals surface area contributed by atoms with Crippen molar-refractivity contribution in [1.82, 2.24) is 19.5 Å². The van der Waals surface area contributed by atoms with Gasteiger partial charge in [0.15, 0.2) is 5.82 Å². The van der Waals surface area contributed by atoms with Crippen LogP contribution in [0.3, 0.4) is 0 Å². The van der Waals surface area contributed by atoms with Crippen LogP contribution in [0.4, 0.5) is 0 Å². The van der Waals surface area contributed by atoms with Crippen molar-refractivity contribution in [3.05, 3.63) is 34.1 Å². The van der Waals surface area contributed by atoms with Gasteiger partial charge in [-0.3, -0.25) is 4.57 Å². The van der Waals surface area contributed by atoms with E-state index in [1.54, 1.807) is 0 Å². The quantitative estimate of drug-likeness (QED) is 0.811. The fraction of sp³-hybridized carbons (Fsp3) is 0. The van der Waals surface area contributed by atoms with Crippen molar-refractivity contribution < 1.29 is 2.74 Å². The molecule has 0 spiro atoms. The van der Waals surface area contributed by atoms with Crippen LogP contribution in [-0.4, -0.2) is 19.5 Å². The van der Waals surface area contributed by atoms with E-state index in [-0.39, 0.29) is 12.5 Å². The first kappa shape index (κ1) is 6.67. The molecule has 0 aliphatic heterocycles. The molecule has 2 aromatic rings. The predicted octanol–water partition coefficient (Wildman–Crippen LogP) is 2.19. The van der Waals surface area contributed by atoms with Crippen LogP contribution in [0.1, 0.15) is 2.74 Å². The van der Waals surface area contributed by atoms with Crippen molar-refractivity contribution in [3.8, 4) is 5.82 Å². The first-order valence-electron chi connectivity index (χ1n) is 4.29. The Morgan fingerprint density at radius 2 is 2.00 bits per heavy atom. The molecule has 13 heavy (non-hydrogen) atoms. The molecule has 2 rings (SSSR count). The van der Waals surface area contributed by atoms with Gasteiger partial charge in [0.2, 0.25) is 0 Å². The third kappa shape index (κ3) is 1.94. The topological polar surface area (TPSA) is 43.6 Å². The minimum atomic E-state index is -0.0523. The summed E-state index contributed by atoms with van der Waals surface area (Å²) in [6, 6.07) is 0. The Bertz CT molecular complexity index is 496. The van der Waals surface area contributed by atoms with Crippen molar-refractivity contribution >= 4 is 31.9 Å². The van der Waals surface area contributed by atoms with Gasteiger partial charge in [-0.25, -0.2) is 15.0 Å². The van der Waals surface area contributed by atoms with Gasteiger partial charge in [0.25, 0.3) is 0 Å². The molecule has 0 atom stereocenters. The molecule has 0 saturated carbocycles. The zero-order chi connectivity index (χ0) is 11.0. The zero-order valence-corrected chi connectivity index (χ0v) is 9.37. The standard InChI is InChI=1S/C7H4Br2N4/c8-5-1-11-7(2-10-5)13-3-6(9)12-4-13/h1-4H/i3D,4D. The number of rotatable bonds is 1. The Hall–Kier alpha value is -0.750. The van der Waals surface area contributed by atoms with Gasteiger partial charge in [0, 0.05) is 6.17 Å². The monoisotopic (exact) mass is 304 g/mol. The van der Waals surface area contributed by atoms with Gasteiger partial charge in [0.1, 0.15) is 16.9 Å². The molecular formula is C7H4Br2N4. The number of imidazole rings is 1. The normalized spacial score (nSPS) is 12.5. The van der Waals surface area contributed by atoms with E-state index in [9.17, 15) is 0 Å². The summed E-state index contributed by atoms with van der Waals surface area (Å²) in [5, 5.41) is 0. The molecule has 0 aliphatic rings. The average molecular weight is 306 g/mol. The number of hydrogen-bond acceptors (Lipinski definition) is 3. The Labute approximate surface area is 94.1 Å². The summed E-state index contributed by atoms with van der Waals surface area (Å²) in [4.78, 5) is 11.8. The highest BCUT2D eigenvalue weighted by molar-refractivity contribution is 9.10. The Balaban J connectivity index is 2.58. The lowest BCUT2D eigenvalue weighted by Gasteiger charge is -1.98. The molecule has 0 unspecified atom stereocenters. The molecule has 0 bridgehead atoms. The molecule has 0 aliphatic carbocycles. The molecule has 2 heterocycles. The summed E-state index contributed by atoms with van der Waals surface area (Å²) >= 11 is 6.24. The average Bonchev–Trinajstić information content (AvgIpc) is 2.44. The second-order valence-corrected chi connectivity index (χ2v) is 3.71. The van der Waals surface area contributed by atoms with Gasteiger partial charge in [-0.15, -0.1) is 0 Å². The minimum absolute atomic E-state index is 0.0523. The van der Waals surface area contributed by atoms with E-state index < -0.39 is 0 Å². The van der Waals surface area contributed by atoms with E-state index in [4.69, 9.17) is 2.74 Å². The van der Waals surface area contributed by atoms with Gasteiger partial charge in [-0.2, -0.15) is 0 Å². The Morgan fingerprint density at radius 3 is 2.54 bits per heavy atom. The third-order valence-electron chi connectivity index (χ3n) is 1.29. The molecule has 0 amide bonds. The summed E-state index contributed by atoms with van der Waals surface area (Å²) in [5.74, 6) is 0.395. The highest BCUT2D eigenvalue weighted by atomic mass is 79.9. The largest absolute Gasteiger partial charge is 0.288 e. The molecule has 0 aromatic carbocycles. The highest BCUT2D eigenvalue weighted by Crippen LogP contribution is 2.10. The van der Waals surface area contributed by atoms with E-state index >= 15 is 0 Å². The fourth-order valence-electron chi connectivity index (χ4n) is 0.766. The second kappa shape index (κ2) is 3.55. The summed E-state index contributed by atoms with van der Waals surface area (Å²) in [7, 11) is 0. The molecule has 6 heteroatoms. The highest BCUT2D eigenvalue weighted by Gasteiger charge is 1.99. The maximum absolute atomic E-state index is 7.66. The smallest absolute Gasteiger partial charge is 0.156 e. The van der Waals surface area contributed by atoms with Gasteiger partial charge >= 0.3 is 0 Å². The molecule has 0 saturated heterocycles. The lowest BCUT2D eigenvalue weighted by molar-refractivity contribution is 0.963. The SMILES string of the molecule is [2H]c1nc(Br)c([2H])n1-c1cnc(Br)cn1. The van der Waals surface area contributed by atoms with Gasteiger partial charge in [-0.1, -0.05) is 0 Å². The van der Waals surface area contributed by atoms with Crippen molar-refractivity contribution in [3.63, 3.8) is 0 Å². The second-order valence-electron chi connectivity index (χ2n) is 2.15. The van der Waals surface area contributed by atoms with Crippen molar-refractivity contribution in [2.75, 3.05) is 0 Å². The van der Waals surface area contributed by atoms with Crippen LogP contribution >= 0.6 is 31.9 Å². The van der Waals surface area contributed by atoms with E-state index in [1.165, 1.54) is 17.0 Å². The minimum Gasteiger partial charge on any atom is -0.288 e. The molecule has 0 N–H and O–H groups in total. The van der Waals surface area contributed by atoms with Crippen LogP contribution in [0.15, 0.2) is 34.1 Å². The van der Waals surface area contributed by atoms with Gasteiger partial charge < -0.3 is 0 Å². The van der Waals surface area contributed by atoms with Gasteiger partial charge in [-0.05, 0) is 31.9 Å². The first-order valence-corrected chi connectivity index (χ1v) is 4.87. The molecule has 0 fully saturated rings. The van der Waals surface area contributed by atoms with Crippen LogP contribution < -0.4 is 0 Å². The summed E-state index contributed by atoms with van der Waals surface area (Å²) in [6.45, 7) is 0. The maximum atomic E-state index is 7.66. The molecule has 2 aromatic heterocycles.